The number of carbonyl (C=O) groups excluding carboxylic acids is 2. The summed E-state index contributed by atoms with van der Waals surface area (Å²) in [5.41, 5.74) is -1.26. The second kappa shape index (κ2) is 9.82. The standard InChI is InChI=1S/C24H25F3N2O4/c25-24(26,27)19-14-16(28-23(31)21-6-3-13-32-21)9-12-20(19)29-22(30)15-7-10-18(11-8-15)33-17-4-1-2-5-17/h7-12,14,17,21H,1-6,13H2,(H,28,31)(H,29,30). The van der Waals surface area contributed by atoms with E-state index in [2.05, 4.69) is 10.6 Å². The lowest BCUT2D eigenvalue weighted by Gasteiger charge is -2.17. The molecular formula is C24H25F3N2O4. The van der Waals surface area contributed by atoms with Gasteiger partial charge in [-0.05, 0) is 81.0 Å². The lowest BCUT2D eigenvalue weighted by Crippen LogP contribution is -2.27. The number of halogens is 3. The quantitative estimate of drug-likeness (QED) is 0.603. The van der Waals surface area contributed by atoms with Crippen LogP contribution < -0.4 is 15.4 Å². The highest BCUT2D eigenvalue weighted by Crippen LogP contribution is 2.37. The number of hydrogen-bond donors (Lipinski definition) is 2. The van der Waals surface area contributed by atoms with Gasteiger partial charge in [0.15, 0.2) is 0 Å². The van der Waals surface area contributed by atoms with Crippen LogP contribution in [0.2, 0.25) is 0 Å². The molecule has 6 nitrogen and oxygen atoms in total. The predicted molar refractivity (Wildman–Crippen MR) is 116 cm³/mol. The molecule has 33 heavy (non-hydrogen) atoms. The average molecular weight is 462 g/mol. The Morgan fingerprint density at radius 1 is 0.939 bits per heavy atom. The molecule has 1 aliphatic carbocycles. The maximum Gasteiger partial charge on any atom is 0.418 e. The van der Waals surface area contributed by atoms with E-state index in [-0.39, 0.29) is 17.4 Å². The number of amides is 2. The van der Waals surface area contributed by atoms with Gasteiger partial charge < -0.3 is 20.1 Å². The summed E-state index contributed by atoms with van der Waals surface area (Å²) >= 11 is 0. The zero-order valence-electron chi connectivity index (χ0n) is 17.9. The fourth-order valence-electron chi connectivity index (χ4n) is 4.05. The Morgan fingerprint density at radius 2 is 1.67 bits per heavy atom. The van der Waals surface area contributed by atoms with Gasteiger partial charge in [0.25, 0.3) is 11.8 Å². The van der Waals surface area contributed by atoms with Crippen molar-refractivity contribution in [1.82, 2.24) is 0 Å². The normalized spacial score (nSPS) is 18.8. The third-order valence-electron chi connectivity index (χ3n) is 5.78. The molecule has 1 atom stereocenters. The third-order valence-corrected chi connectivity index (χ3v) is 5.78. The van der Waals surface area contributed by atoms with Crippen molar-refractivity contribution in [2.75, 3.05) is 17.2 Å². The van der Waals surface area contributed by atoms with Gasteiger partial charge in [0.2, 0.25) is 0 Å². The second-order valence-corrected chi connectivity index (χ2v) is 8.25. The van der Waals surface area contributed by atoms with Crippen molar-refractivity contribution in [2.24, 2.45) is 0 Å². The number of alkyl halides is 3. The van der Waals surface area contributed by atoms with Crippen LogP contribution in [0, 0.1) is 0 Å². The average Bonchev–Trinajstić information content (AvgIpc) is 3.49. The Hall–Kier alpha value is -3.07. The van der Waals surface area contributed by atoms with E-state index < -0.39 is 35.3 Å². The van der Waals surface area contributed by atoms with Gasteiger partial charge in [-0.2, -0.15) is 13.2 Å². The highest BCUT2D eigenvalue weighted by atomic mass is 19.4. The Morgan fingerprint density at radius 3 is 2.30 bits per heavy atom. The van der Waals surface area contributed by atoms with Gasteiger partial charge >= 0.3 is 6.18 Å². The number of rotatable bonds is 6. The summed E-state index contributed by atoms with van der Waals surface area (Å²) < 4.78 is 52.1. The van der Waals surface area contributed by atoms with E-state index in [0.717, 1.165) is 44.2 Å². The van der Waals surface area contributed by atoms with Crippen molar-refractivity contribution in [2.45, 2.75) is 56.9 Å². The van der Waals surface area contributed by atoms with Crippen LogP contribution in [0.15, 0.2) is 42.5 Å². The molecule has 0 aromatic heterocycles. The number of hydrogen-bond acceptors (Lipinski definition) is 4. The maximum absolute atomic E-state index is 13.7. The Bertz CT molecular complexity index is 996. The van der Waals surface area contributed by atoms with Crippen LogP contribution in [0.3, 0.4) is 0 Å². The van der Waals surface area contributed by atoms with Crippen molar-refractivity contribution in [3.05, 3.63) is 53.6 Å². The molecule has 1 heterocycles. The first kappa shape index (κ1) is 23.1. The lowest BCUT2D eigenvalue weighted by molar-refractivity contribution is -0.137. The van der Waals surface area contributed by atoms with Crippen LogP contribution in [0.25, 0.3) is 0 Å². The summed E-state index contributed by atoms with van der Waals surface area (Å²) in [5, 5.41) is 4.78. The van der Waals surface area contributed by atoms with E-state index in [1.807, 2.05) is 0 Å². The monoisotopic (exact) mass is 462 g/mol. The first-order chi connectivity index (χ1) is 15.8. The third kappa shape index (κ3) is 5.84. The molecule has 4 rings (SSSR count). The summed E-state index contributed by atoms with van der Waals surface area (Å²) in [6.07, 6.45) is 0.261. The fraction of sp³-hybridized carbons (Fsp3) is 0.417. The Kier molecular flexibility index (Phi) is 6.88. The molecule has 2 aromatic rings. The summed E-state index contributed by atoms with van der Waals surface area (Å²) in [4.78, 5) is 24.7. The number of ether oxygens (including phenoxy) is 2. The van der Waals surface area contributed by atoms with Crippen molar-refractivity contribution in [1.29, 1.82) is 0 Å². The molecule has 1 saturated heterocycles. The van der Waals surface area contributed by atoms with E-state index in [1.54, 1.807) is 12.1 Å². The first-order valence-corrected chi connectivity index (χ1v) is 11.0. The van der Waals surface area contributed by atoms with E-state index in [9.17, 15) is 22.8 Å². The molecule has 0 spiro atoms. The number of carbonyl (C=O) groups is 2. The van der Waals surface area contributed by atoms with Crippen LogP contribution in [0.1, 0.15) is 54.4 Å². The predicted octanol–water partition coefficient (Wildman–Crippen LogP) is 5.40. The highest BCUT2D eigenvalue weighted by molar-refractivity contribution is 6.05. The summed E-state index contributed by atoms with van der Waals surface area (Å²) in [6.45, 7) is 0.449. The second-order valence-electron chi connectivity index (χ2n) is 8.25. The molecule has 9 heteroatoms. The minimum atomic E-state index is -4.73. The number of anilines is 2. The van der Waals surface area contributed by atoms with E-state index in [1.165, 1.54) is 18.2 Å². The van der Waals surface area contributed by atoms with Crippen LogP contribution in [0.5, 0.6) is 5.75 Å². The van der Waals surface area contributed by atoms with Crippen molar-refractivity contribution < 1.29 is 32.2 Å². The molecule has 1 saturated carbocycles. The molecule has 1 aliphatic heterocycles. The maximum atomic E-state index is 13.7. The summed E-state index contributed by atoms with van der Waals surface area (Å²) in [6, 6.07) is 9.57. The topological polar surface area (TPSA) is 76.7 Å². The fourth-order valence-corrected chi connectivity index (χ4v) is 4.05. The zero-order chi connectivity index (χ0) is 23.4. The molecule has 2 aliphatic rings. The van der Waals surface area contributed by atoms with Gasteiger partial charge in [-0.15, -0.1) is 0 Å². The Labute approximate surface area is 189 Å². The Balaban J connectivity index is 1.45. The minimum absolute atomic E-state index is 0.0192. The number of nitrogens with one attached hydrogen (secondary N) is 2. The first-order valence-electron chi connectivity index (χ1n) is 11.0. The molecule has 2 fully saturated rings. The summed E-state index contributed by atoms with van der Waals surface area (Å²) in [7, 11) is 0. The smallest absolute Gasteiger partial charge is 0.418 e. The van der Waals surface area contributed by atoms with Crippen molar-refractivity contribution >= 4 is 23.2 Å². The van der Waals surface area contributed by atoms with Gasteiger partial charge in [0.05, 0.1) is 17.4 Å². The highest BCUT2D eigenvalue weighted by Gasteiger charge is 2.35. The van der Waals surface area contributed by atoms with E-state index in [4.69, 9.17) is 9.47 Å². The molecule has 2 N–H and O–H groups in total. The molecule has 0 bridgehead atoms. The van der Waals surface area contributed by atoms with E-state index in [0.29, 0.717) is 18.8 Å². The van der Waals surface area contributed by atoms with E-state index >= 15 is 0 Å². The van der Waals surface area contributed by atoms with Crippen molar-refractivity contribution in [3.8, 4) is 5.75 Å². The summed E-state index contributed by atoms with van der Waals surface area (Å²) in [5.74, 6) is -0.540. The minimum Gasteiger partial charge on any atom is -0.490 e. The van der Waals surface area contributed by atoms with Gasteiger partial charge in [-0.3, -0.25) is 9.59 Å². The van der Waals surface area contributed by atoms with Crippen LogP contribution >= 0.6 is 0 Å². The van der Waals surface area contributed by atoms with Crippen LogP contribution in [-0.2, 0) is 15.7 Å². The van der Waals surface area contributed by atoms with Gasteiger partial charge in [-0.1, -0.05) is 0 Å². The largest absolute Gasteiger partial charge is 0.490 e. The van der Waals surface area contributed by atoms with Crippen LogP contribution in [0.4, 0.5) is 24.5 Å². The molecular weight excluding hydrogens is 437 g/mol. The number of benzene rings is 2. The van der Waals surface area contributed by atoms with Gasteiger partial charge in [-0.25, -0.2) is 0 Å². The molecule has 2 amide bonds. The molecule has 1 unspecified atom stereocenters. The lowest BCUT2D eigenvalue weighted by atomic mass is 10.1. The zero-order valence-corrected chi connectivity index (χ0v) is 17.9. The van der Waals surface area contributed by atoms with Gasteiger partial charge in [0.1, 0.15) is 11.9 Å². The SMILES string of the molecule is O=C(Nc1ccc(NC(=O)C2CCCO2)cc1C(F)(F)F)c1ccc(OC2CCCC2)cc1. The molecule has 0 radical (unpaired) electrons. The molecule has 2 aromatic carbocycles. The van der Waals surface area contributed by atoms with Crippen molar-refractivity contribution in [3.63, 3.8) is 0 Å². The van der Waals surface area contributed by atoms with Crippen LogP contribution in [-0.4, -0.2) is 30.6 Å². The van der Waals surface area contributed by atoms with Gasteiger partial charge in [0, 0.05) is 17.9 Å². The molecule has 176 valence electrons.